The third kappa shape index (κ3) is 1.89. The largest absolute Gasteiger partial charge is 0.513 e. The summed E-state index contributed by atoms with van der Waals surface area (Å²) >= 11 is 0. The molecule has 1 aliphatic heterocycles. The molecule has 0 saturated heterocycles. The van der Waals surface area contributed by atoms with Gasteiger partial charge in [-0.1, -0.05) is 25.4 Å². The zero-order valence-electron chi connectivity index (χ0n) is 7.17. The Kier molecular flexibility index (Phi) is 2.80. The van der Waals surface area contributed by atoms with Crippen LogP contribution >= 0.6 is 0 Å². The molecule has 59 valence electrons. The lowest BCUT2D eigenvalue weighted by atomic mass is 9.61. The Hall–Kier alpha value is -0.655. The molecule has 1 nitrogen and oxygen atoms in total. The molecular weight excluding hydrogens is 135 g/mol. The van der Waals surface area contributed by atoms with E-state index in [-0.39, 0.29) is 0 Å². The summed E-state index contributed by atoms with van der Waals surface area (Å²) in [5.41, 5.74) is 1.11. The SMILES string of the molecule is C/C=C\C1=C(O)C[B]C[C@@H]1C. The maximum Gasteiger partial charge on any atom is 0.120 e. The predicted octanol–water partition coefficient (Wildman–Crippen LogP) is 2.57. The summed E-state index contributed by atoms with van der Waals surface area (Å²) < 4.78 is 0. The van der Waals surface area contributed by atoms with Gasteiger partial charge < -0.3 is 5.11 Å². The van der Waals surface area contributed by atoms with Gasteiger partial charge in [-0.3, -0.25) is 0 Å². The Morgan fingerprint density at radius 1 is 1.64 bits per heavy atom. The summed E-state index contributed by atoms with van der Waals surface area (Å²) in [6.45, 7) is 4.12. The van der Waals surface area contributed by atoms with Gasteiger partial charge in [-0.2, -0.15) is 0 Å². The van der Waals surface area contributed by atoms with Gasteiger partial charge in [-0.15, -0.1) is 0 Å². The lowest BCUT2D eigenvalue weighted by Gasteiger charge is -2.19. The molecule has 0 aromatic rings. The monoisotopic (exact) mass is 149 g/mol. The molecule has 0 aliphatic carbocycles. The van der Waals surface area contributed by atoms with Crippen molar-refractivity contribution in [3.8, 4) is 0 Å². The molecule has 0 amide bonds. The van der Waals surface area contributed by atoms with Crippen LogP contribution in [-0.4, -0.2) is 12.4 Å². The lowest BCUT2D eigenvalue weighted by molar-refractivity contribution is 0.397. The van der Waals surface area contributed by atoms with E-state index in [1.807, 2.05) is 19.1 Å². The highest BCUT2D eigenvalue weighted by Gasteiger charge is 2.16. The van der Waals surface area contributed by atoms with Crippen LogP contribution in [0, 0.1) is 5.92 Å². The Labute approximate surface area is 69.1 Å². The van der Waals surface area contributed by atoms with Gasteiger partial charge in [0.25, 0.3) is 0 Å². The summed E-state index contributed by atoms with van der Waals surface area (Å²) in [5, 5.41) is 9.47. The van der Waals surface area contributed by atoms with Crippen molar-refractivity contribution < 1.29 is 5.11 Å². The number of hydrogen-bond donors (Lipinski definition) is 1. The first-order valence-electron chi connectivity index (χ1n) is 4.12. The van der Waals surface area contributed by atoms with E-state index in [1.54, 1.807) is 0 Å². The third-order valence-corrected chi connectivity index (χ3v) is 2.07. The highest BCUT2D eigenvalue weighted by atomic mass is 16.3. The summed E-state index contributed by atoms with van der Waals surface area (Å²) in [6, 6.07) is 0. The minimum Gasteiger partial charge on any atom is -0.513 e. The fraction of sp³-hybridized carbons (Fsp3) is 0.556. The summed E-state index contributed by atoms with van der Waals surface area (Å²) in [4.78, 5) is 0. The van der Waals surface area contributed by atoms with Crippen LogP contribution in [0.5, 0.6) is 0 Å². The van der Waals surface area contributed by atoms with Crippen LogP contribution in [-0.2, 0) is 0 Å². The number of hydrogen-bond acceptors (Lipinski definition) is 1. The summed E-state index contributed by atoms with van der Waals surface area (Å²) in [5.74, 6) is 1.03. The molecule has 0 fully saturated rings. The van der Waals surface area contributed by atoms with Crippen molar-refractivity contribution in [2.24, 2.45) is 5.92 Å². The van der Waals surface area contributed by atoms with Crippen LogP contribution in [0.25, 0.3) is 0 Å². The van der Waals surface area contributed by atoms with Crippen molar-refractivity contribution in [3.05, 3.63) is 23.5 Å². The number of rotatable bonds is 1. The molecule has 11 heavy (non-hydrogen) atoms. The van der Waals surface area contributed by atoms with Crippen LogP contribution < -0.4 is 0 Å². The van der Waals surface area contributed by atoms with E-state index in [1.165, 1.54) is 0 Å². The molecular formula is C9H14BO. The zero-order valence-corrected chi connectivity index (χ0v) is 7.17. The molecule has 1 rings (SSSR count). The highest BCUT2D eigenvalue weighted by molar-refractivity contribution is 6.37. The van der Waals surface area contributed by atoms with Crippen molar-refractivity contribution in [1.82, 2.24) is 0 Å². The van der Waals surface area contributed by atoms with Crippen molar-refractivity contribution in [2.45, 2.75) is 26.5 Å². The van der Waals surface area contributed by atoms with E-state index in [9.17, 15) is 5.11 Å². The second-order valence-corrected chi connectivity index (χ2v) is 3.03. The molecule has 1 atom stereocenters. The van der Waals surface area contributed by atoms with E-state index in [2.05, 4.69) is 14.2 Å². The Bertz CT molecular complexity index is 194. The van der Waals surface area contributed by atoms with Gasteiger partial charge >= 0.3 is 0 Å². The standard InChI is InChI=1S/C9H14BO/c1-3-4-8-7(2)5-10-6-9(8)11/h3-4,7,11H,5-6H2,1-2H3/b4-3-/t7-/m0/s1. The molecule has 0 aromatic carbocycles. The third-order valence-electron chi connectivity index (χ3n) is 2.07. The van der Waals surface area contributed by atoms with Crippen molar-refractivity contribution in [1.29, 1.82) is 0 Å². The number of allylic oxidation sites excluding steroid dienone is 4. The molecule has 0 spiro atoms. The Morgan fingerprint density at radius 2 is 2.36 bits per heavy atom. The van der Waals surface area contributed by atoms with E-state index in [0.29, 0.717) is 11.7 Å². The zero-order chi connectivity index (χ0) is 8.27. The molecule has 0 aromatic heterocycles. The van der Waals surface area contributed by atoms with Crippen LogP contribution in [0.15, 0.2) is 23.5 Å². The molecule has 2 heteroatoms. The fourth-order valence-corrected chi connectivity index (χ4v) is 1.44. The Balaban J connectivity index is 2.82. The molecule has 0 bridgehead atoms. The average Bonchev–Trinajstić information content (AvgIpc) is 1.97. The van der Waals surface area contributed by atoms with E-state index >= 15 is 0 Å². The summed E-state index contributed by atoms with van der Waals surface area (Å²) in [7, 11) is 2.13. The molecule has 0 saturated carbocycles. The van der Waals surface area contributed by atoms with E-state index in [4.69, 9.17) is 0 Å². The smallest absolute Gasteiger partial charge is 0.120 e. The number of aliphatic hydroxyl groups is 1. The van der Waals surface area contributed by atoms with Gasteiger partial charge in [0.1, 0.15) is 7.28 Å². The lowest BCUT2D eigenvalue weighted by Crippen LogP contribution is -2.11. The fourth-order valence-electron chi connectivity index (χ4n) is 1.44. The molecule has 1 N–H and O–H groups in total. The first-order chi connectivity index (χ1) is 5.25. The minimum atomic E-state index is 0.486. The maximum absolute atomic E-state index is 9.47. The summed E-state index contributed by atoms with van der Waals surface area (Å²) in [6.07, 6.45) is 5.81. The molecule has 1 aliphatic rings. The van der Waals surface area contributed by atoms with Crippen LogP contribution in [0.4, 0.5) is 0 Å². The van der Waals surface area contributed by atoms with Gasteiger partial charge in [-0.25, -0.2) is 0 Å². The van der Waals surface area contributed by atoms with Gasteiger partial charge in [0, 0.05) is 0 Å². The maximum atomic E-state index is 9.47. The van der Waals surface area contributed by atoms with Crippen LogP contribution in [0.1, 0.15) is 13.8 Å². The van der Waals surface area contributed by atoms with Crippen molar-refractivity contribution in [2.75, 3.05) is 0 Å². The first-order valence-corrected chi connectivity index (χ1v) is 4.12. The normalized spacial score (nSPS) is 25.8. The molecule has 0 unspecified atom stereocenters. The first kappa shape index (κ1) is 8.44. The van der Waals surface area contributed by atoms with Gasteiger partial charge in [-0.05, 0) is 24.7 Å². The molecule has 1 heterocycles. The average molecular weight is 149 g/mol. The molecule has 1 radical (unpaired) electrons. The van der Waals surface area contributed by atoms with Crippen molar-refractivity contribution in [3.63, 3.8) is 0 Å². The second kappa shape index (κ2) is 3.65. The Morgan fingerprint density at radius 3 is 2.91 bits per heavy atom. The van der Waals surface area contributed by atoms with E-state index in [0.717, 1.165) is 18.2 Å². The predicted molar refractivity (Wildman–Crippen MR) is 49.0 cm³/mol. The topological polar surface area (TPSA) is 20.2 Å². The van der Waals surface area contributed by atoms with Gasteiger partial charge in [0.2, 0.25) is 0 Å². The highest BCUT2D eigenvalue weighted by Crippen LogP contribution is 2.26. The number of aliphatic hydroxyl groups excluding tert-OH is 1. The van der Waals surface area contributed by atoms with Gasteiger partial charge in [0.15, 0.2) is 0 Å². The van der Waals surface area contributed by atoms with E-state index < -0.39 is 0 Å². The minimum absolute atomic E-state index is 0.486. The van der Waals surface area contributed by atoms with Crippen LogP contribution in [0.2, 0.25) is 12.6 Å². The van der Waals surface area contributed by atoms with Crippen LogP contribution in [0.3, 0.4) is 0 Å². The second-order valence-electron chi connectivity index (χ2n) is 3.03. The van der Waals surface area contributed by atoms with Crippen molar-refractivity contribution >= 4 is 7.28 Å². The quantitative estimate of drug-likeness (QED) is 0.568. The van der Waals surface area contributed by atoms with Gasteiger partial charge in [0.05, 0.1) is 5.76 Å².